The molecule has 0 radical (unpaired) electrons. The number of hydrogen-bond acceptors (Lipinski definition) is 4. The summed E-state index contributed by atoms with van der Waals surface area (Å²) < 4.78 is 31.4. The van der Waals surface area contributed by atoms with Crippen LogP contribution in [0.5, 0.6) is 0 Å². The zero-order valence-corrected chi connectivity index (χ0v) is 10.9. The molecule has 0 unspecified atom stereocenters. The zero-order chi connectivity index (χ0) is 13.9. The number of hydrogen-bond donors (Lipinski definition) is 1. The molecule has 4 nitrogen and oxygen atoms in total. The van der Waals surface area contributed by atoms with Gasteiger partial charge in [-0.2, -0.15) is 0 Å². The van der Waals surface area contributed by atoms with E-state index in [9.17, 15) is 8.78 Å². The number of nitrogens with zero attached hydrogens (tertiary/aromatic N) is 2. The maximum Gasteiger partial charge on any atom is 0.220 e. The van der Waals surface area contributed by atoms with Crippen molar-refractivity contribution in [1.82, 2.24) is 15.5 Å². The van der Waals surface area contributed by atoms with Gasteiger partial charge >= 0.3 is 0 Å². The highest BCUT2D eigenvalue weighted by atomic mass is 19.2. The standard InChI is InChI=1S/C14H15F2N3O/c15-11-4-1-9(7-12(11)16)8-14-19-18-13(20-14)5-6-17-10-2-3-10/h1,4,7,10,17H,2-3,5-6,8H2. The first-order valence-corrected chi connectivity index (χ1v) is 6.69. The van der Waals surface area contributed by atoms with E-state index in [1.807, 2.05) is 0 Å². The third-order valence-electron chi connectivity index (χ3n) is 3.20. The molecule has 6 heteroatoms. The van der Waals surface area contributed by atoms with Gasteiger partial charge in [0.15, 0.2) is 11.6 Å². The van der Waals surface area contributed by atoms with Gasteiger partial charge in [0.05, 0.1) is 6.42 Å². The Morgan fingerprint density at radius 2 is 1.95 bits per heavy atom. The van der Waals surface area contributed by atoms with Crippen LogP contribution in [0.1, 0.15) is 30.2 Å². The number of benzene rings is 1. The van der Waals surface area contributed by atoms with Crippen LogP contribution in [0.25, 0.3) is 0 Å². The van der Waals surface area contributed by atoms with Gasteiger partial charge in [-0.1, -0.05) is 6.07 Å². The Balaban J connectivity index is 1.56. The number of rotatable bonds is 6. The molecular weight excluding hydrogens is 264 g/mol. The van der Waals surface area contributed by atoms with Crippen molar-refractivity contribution >= 4 is 0 Å². The highest BCUT2D eigenvalue weighted by Gasteiger charge is 2.20. The van der Waals surface area contributed by atoms with E-state index in [-0.39, 0.29) is 0 Å². The summed E-state index contributed by atoms with van der Waals surface area (Å²) in [5.41, 5.74) is 0.607. The first-order chi connectivity index (χ1) is 9.70. The maximum atomic E-state index is 13.1. The average molecular weight is 279 g/mol. The number of aromatic nitrogens is 2. The minimum Gasteiger partial charge on any atom is -0.425 e. The topological polar surface area (TPSA) is 51.0 Å². The minimum absolute atomic E-state index is 0.306. The van der Waals surface area contributed by atoms with Crippen molar-refractivity contribution < 1.29 is 13.2 Å². The Morgan fingerprint density at radius 1 is 1.15 bits per heavy atom. The van der Waals surface area contributed by atoms with E-state index in [0.29, 0.717) is 36.2 Å². The van der Waals surface area contributed by atoms with E-state index in [4.69, 9.17) is 4.42 Å². The van der Waals surface area contributed by atoms with Crippen LogP contribution in [0.4, 0.5) is 8.78 Å². The molecule has 0 aliphatic heterocycles. The molecule has 1 aliphatic rings. The van der Waals surface area contributed by atoms with Crippen LogP contribution in [0.2, 0.25) is 0 Å². The van der Waals surface area contributed by atoms with Crippen molar-refractivity contribution in [2.75, 3.05) is 6.54 Å². The Kier molecular flexibility index (Phi) is 3.73. The summed E-state index contributed by atoms with van der Waals surface area (Å²) in [5, 5.41) is 11.2. The highest BCUT2D eigenvalue weighted by Crippen LogP contribution is 2.18. The van der Waals surface area contributed by atoms with E-state index >= 15 is 0 Å². The fourth-order valence-electron chi connectivity index (χ4n) is 1.96. The second-order valence-corrected chi connectivity index (χ2v) is 4.99. The highest BCUT2D eigenvalue weighted by molar-refractivity contribution is 5.20. The van der Waals surface area contributed by atoms with Crippen LogP contribution in [-0.4, -0.2) is 22.8 Å². The SMILES string of the molecule is Fc1ccc(Cc2nnc(CCNC3CC3)o2)cc1F. The van der Waals surface area contributed by atoms with Crippen LogP contribution in [0.15, 0.2) is 22.6 Å². The summed E-state index contributed by atoms with van der Waals surface area (Å²) in [4.78, 5) is 0. The lowest BCUT2D eigenvalue weighted by molar-refractivity contribution is 0.450. The van der Waals surface area contributed by atoms with Crippen LogP contribution >= 0.6 is 0 Å². The summed E-state index contributed by atoms with van der Waals surface area (Å²) in [6.07, 6.45) is 3.47. The van der Waals surface area contributed by atoms with Gasteiger partial charge < -0.3 is 9.73 Å². The molecule has 0 spiro atoms. The molecule has 1 saturated carbocycles. The van der Waals surface area contributed by atoms with E-state index < -0.39 is 11.6 Å². The predicted molar refractivity (Wildman–Crippen MR) is 68.2 cm³/mol. The monoisotopic (exact) mass is 279 g/mol. The van der Waals surface area contributed by atoms with Gasteiger partial charge in [-0.3, -0.25) is 0 Å². The van der Waals surface area contributed by atoms with Crippen molar-refractivity contribution in [3.8, 4) is 0 Å². The molecule has 2 aromatic rings. The summed E-state index contributed by atoms with van der Waals surface area (Å²) >= 11 is 0. The van der Waals surface area contributed by atoms with Crippen molar-refractivity contribution in [3.63, 3.8) is 0 Å². The van der Waals surface area contributed by atoms with Crippen LogP contribution < -0.4 is 5.32 Å². The van der Waals surface area contributed by atoms with E-state index in [1.54, 1.807) is 0 Å². The minimum atomic E-state index is -0.865. The van der Waals surface area contributed by atoms with E-state index in [0.717, 1.165) is 18.7 Å². The molecule has 3 rings (SSSR count). The summed E-state index contributed by atoms with van der Waals surface area (Å²) in [5.74, 6) is -0.741. The van der Waals surface area contributed by atoms with Crippen molar-refractivity contribution in [1.29, 1.82) is 0 Å². The lowest BCUT2D eigenvalue weighted by Crippen LogP contribution is -2.19. The molecule has 20 heavy (non-hydrogen) atoms. The Morgan fingerprint density at radius 3 is 2.70 bits per heavy atom. The van der Waals surface area contributed by atoms with Crippen molar-refractivity contribution in [2.24, 2.45) is 0 Å². The third-order valence-corrected chi connectivity index (χ3v) is 3.20. The molecular formula is C14H15F2N3O. The van der Waals surface area contributed by atoms with Gasteiger partial charge in [-0.25, -0.2) is 8.78 Å². The van der Waals surface area contributed by atoms with Crippen molar-refractivity contribution in [3.05, 3.63) is 47.2 Å². The molecule has 1 N–H and O–H groups in total. The molecule has 0 bridgehead atoms. The van der Waals surface area contributed by atoms with Crippen LogP contribution in [0, 0.1) is 11.6 Å². The lowest BCUT2D eigenvalue weighted by Gasteiger charge is -1.99. The first kappa shape index (κ1) is 13.2. The summed E-state index contributed by atoms with van der Waals surface area (Å²) in [6.45, 7) is 0.817. The molecule has 1 aliphatic carbocycles. The summed E-state index contributed by atoms with van der Waals surface area (Å²) in [6, 6.07) is 4.41. The molecule has 1 aromatic heterocycles. The maximum absolute atomic E-state index is 13.1. The van der Waals surface area contributed by atoms with Crippen molar-refractivity contribution in [2.45, 2.75) is 31.7 Å². The van der Waals surface area contributed by atoms with Gasteiger partial charge in [0.2, 0.25) is 11.8 Å². The third kappa shape index (κ3) is 3.39. The molecule has 1 aromatic carbocycles. The Hall–Kier alpha value is -1.82. The van der Waals surface area contributed by atoms with Gasteiger partial charge in [0.1, 0.15) is 0 Å². The van der Waals surface area contributed by atoms with Gasteiger partial charge in [-0.05, 0) is 30.5 Å². The number of nitrogens with one attached hydrogen (secondary N) is 1. The fraction of sp³-hybridized carbons (Fsp3) is 0.429. The van der Waals surface area contributed by atoms with Gasteiger partial charge in [0, 0.05) is 19.0 Å². The largest absolute Gasteiger partial charge is 0.425 e. The van der Waals surface area contributed by atoms with E-state index in [2.05, 4.69) is 15.5 Å². The van der Waals surface area contributed by atoms with Gasteiger partial charge in [-0.15, -0.1) is 10.2 Å². The summed E-state index contributed by atoms with van der Waals surface area (Å²) in [7, 11) is 0. The second-order valence-electron chi connectivity index (χ2n) is 4.99. The predicted octanol–water partition coefficient (Wildman–Crippen LogP) is 2.23. The molecule has 1 heterocycles. The van der Waals surface area contributed by atoms with Crippen LogP contribution in [0.3, 0.4) is 0 Å². The Labute approximate surface area is 115 Å². The Bertz CT molecular complexity index is 596. The molecule has 0 amide bonds. The number of halogens is 2. The normalized spacial score (nSPS) is 14.7. The molecule has 106 valence electrons. The van der Waals surface area contributed by atoms with E-state index in [1.165, 1.54) is 18.9 Å². The zero-order valence-electron chi connectivity index (χ0n) is 10.9. The first-order valence-electron chi connectivity index (χ1n) is 6.69. The quantitative estimate of drug-likeness (QED) is 0.881. The molecule has 0 saturated heterocycles. The molecule has 1 fully saturated rings. The van der Waals surface area contributed by atoms with Crippen LogP contribution in [-0.2, 0) is 12.8 Å². The van der Waals surface area contributed by atoms with Gasteiger partial charge in [0.25, 0.3) is 0 Å². The average Bonchev–Trinajstić information content (AvgIpc) is 3.14. The lowest BCUT2D eigenvalue weighted by atomic mass is 10.1. The molecule has 0 atom stereocenters. The second kappa shape index (κ2) is 5.66. The fourth-order valence-corrected chi connectivity index (χ4v) is 1.96. The smallest absolute Gasteiger partial charge is 0.220 e.